The molecule has 1 aromatic rings. The first kappa shape index (κ1) is 12.5. The van der Waals surface area contributed by atoms with Gasteiger partial charge < -0.3 is 4.90 Å². The molecule has 0 aromatic carbocycles. The monoisotopic (exact) mass is 253 g/mol. The third-order valence-electron chi connectivity index (χ3n) is 3.17. The molecule has 5 heteroatoms. The van der Waals surface area contributed by atoms with Crippen molar-refractivity contribution in [2.45, 2.75) is 52.0 Å². The fourth-order valence-corrected chi connectivity index (χ4v) is 3.05. The Balaban J connectivity index is 2.20. The number of ketones is 1. The van der Waals surface area contributed by atoms with Crippen LogP contribution < -0.4 is 4.90 Å². The van der Waals surface area contributed by atoms with Crippen molar-refractivity contribution < 1.29 is 4.79 Å². The number of anilines is 1. The molecule has 94 valence electrons. The van der Waals surface area contributed by atoms with Crippen molar-refractivity contribution >= 4 is 22.4 Å². The molecule has 0 aliphatic carbocycles. The zero-order chi connectivity index (χ0) is 12.4. The van der Waals surface area contributed by atoms with E-state index in [0.29, 0.717) is 5.92 Å². The van der Waals surface area contributed by atoms with Crippen molar-refractivity contribution in [1.29, 1.82) is 0 Å². The number of Topliss-reactive ketones (excluding diaryl/α,β-unsaturated/α-hetero) is 1. The molecule has 1 aromatic heterocycles. The van der Waals surface area contributed by atoms with Crippen LogP contribution in [-0.2, 0) is 4.79 Å². The molecule has 1 saturated heterocycles. The molecule has 1 aliphatic rings. The molecule has 1 fully saturated rings. The van der Waals surface area contributed by atoms with Gasteiger partial charge in [-0.1, -0.05) is 13.8 Å². The lowest BCUT2D eigenvalue weighted by Crippen LogP contribution is -2.43. The van der Waals surface area contributed by atoms with Crippen LogP contribution in [0.5, 0.6) is 0 Å². The molecular formula is C12H19N3OS. The summed E-state index contributed by atoms with van der Waals surface area (Å²) in [5.74, 6) is 1.48. The van der Waals surface area contributed by atoms with Crippen LogP contribution in [0.2, 0.25) is 0 Å². The number of hydrogen-bond donors (Lipinski definition) is 0. The summed E-state index contributed by atoms with van der Waals surface area (Å²) in [4.78, 5) is 18.3. The van der Waals surface area contributed by atoms with Gasteiger partial charge in [0.2, 0.25) is 5.13 Å². The van der Waals surface area contributed by atoms with Crippen LogP contribution in [-0.4, -0.2) is 27.7 Å². The van der Waals surface area contributed by atoms with E-state index in [0.717, 1.165) is 36.8 Å². The third kappa shape index (κ3) is 2.65. The molecule has 2 heterocycles. The minimum Gasteiger partial charge on any atom is -0.337 e. The average Bonchev–Trinajstić information content (AvgIpc) is 2.78. The van der Waals surface area contributed by atoms with Crippen LogP contribution in [0.25, 0.3) is 0 Å². The summed E-state index contributed by atoms with van der Waals surface area (Å²) >= 11 is 1.42. The topological polar surface area (TPSA) is 46.1 Å². The van der Waals surface area contributed by atoms with Gasteiger partial charge in [-0.05, 0) is 26.2 Å². The Morgan fingerprint density at radius 3 is 2.82 bits per heavy atom. The predicted molar refractivity (Wildman–Crippen MR) is 69.7 cm³/mol. The van der Waals surface area contributed by atoms with E-state index in [1.165, 1.54) is 11.5 Å². The normalized spacial score (nSPS) is 20.9. The lowest BCUT2D eigenvalue weighted by molar-refractivity contribution is -0.118. The van der Waals surface area contributed by atoms with Crippen molar-refractivity contribution in [3.63, 3.8) is 0 Å². The van der Waals surface area contributed by atoms with Crippen LogP contribution >= 0.6 is 11.5 Å². The third-order valence-corrected chi connectivity index (χ3v) is 3.93. The minimum atomic E-state index is 0.0108. The summed E-state index contributed by atoms with van der Waals surface area (Å²) < 4.78 is 4.36. The number of piperidine rings is 1. The maximum Gasteiger partial charge on any atom is 0.205 e. The molecule has 0 radical (unpaired) electrons. The van der Waals surface area contributed by atoms with Gasteiger partial charge in [-0.25, -0.2) is 4.98 Å². The summed E-state index contributed by atoms with van der Waals surface area (Å²) in [6.07, 6.45) is 3.23. The van der Waals surface area contributed by atoms with Gasteiger partial charge in [-0.3, -0.25) is 4.79 Å². The maximum absolute atomic E-state index is 11.6. The minimum absolute atomic E-state index is 0.0108. The lowest BCUT2D eigenvalue weighted by atomic mass is 10.00. The first-order valence-electron chi connectivity index (χ1n) is 6.20. The van der Waals surface area contributed by atoms with Gasteiger partial charge in [-0.2, -0.15) is 4.37 Å². The Labute approximate surface area is 106 Å². The Morgan fingerprint density at radius 2 is 2.24 bits per heavy atom. The number of aromatic nitrogens is 2. The molecule has 1 aliphatic heterocycles. The number of rotatable bonds is 3. The Hall–Kier alpha value is -0.970. The number of nitrogens with zero attached hydrogens (tertiary/aromatic N) is 3. The zero-order valence-electron chi connectivity index (χ0n) is 10.6. The second-order valence-corrected chi connectivity index (χ2v) is 5.64. The molecule has 2 rings (SSSR count). The highest BCUT2D eigenvalue weighted by Crippen LogP contribution is 2.28. The zero-order valence-corrected chi connectivity index (χ0v) is 11.5. The first-order chi connectivity index (χ1) is 8.09. The summed E-state index contributed by atoms with van der Waals surface area (Å²) in [5.41, 5.74) is 0. The smallest absolute Gasteiger partial charge is 0.205 e. The molecule has 0 saturated carbocycles. The van der Waals surface area contributed by atoms with Crippen molar-refractivity contribution in [1.82, 2.24) is 9.36 Å². The van der Waals surface area contributed by atoms with E-state index in [1.54, 1.807) is 6.92 Å². The second kappa shape index (κ2) is 5.12. The summed E-state index contributed by atoms with van der Waals surface area (Å²) in [5, 5.41) is 0.911. The predicted octanol–water partition coefficient (Wildman–Crippen LogP) is 2.61. The first-order valence-corrected chi connectivity index (χ1v) is 6.97. The molecule has 4 nitrogen and oxygen atoms in total. The van der Waals surface area contributed by atoms with Gasteiger partial charge in [-0.15, -0.1) is 0 Å². The van der Waals surface area contributed by atoms with Gasteiger partial charge in [0.05, 0.1) is 6.04 Å². The van der Waals surface area contributed by atoms with Crippen LogP contribution in [0.1, 0.15) is 51.8 Å². The molecule has 0 amide bonds. The molecule has 0 N–H and O–H groups in total. The summed E-state index contributed by atoms with van der Waals surface area (Å²) in [7, 11) is 0. The van der Waals surface area contributed by atoms with Crippen molar-refractivity contribution in [3.05, 3.63) is 5.82 Å². The fourth-order valence-electron chi connectivity index (χ4n) is 2.16. The Morgan fingerprint density at radius 1 is 1.47 bits per heavy atom. The highest BCUT2D eigenvalue weighted by Gasteiger charge is 2.28. The van der Waals surface area contributed by atoms with Gasteiger partial charge in [0.25, 0.3) is 0 Å². The van der Waals surface area contributed by atoms with E-state index in [4.69, 9.17) is 0 Å². The van der Waals surface area contributed by atoms with E-state index in [-0.39, 0.29) is 11.8 Å². The standard InChI is InChI=1S/C12H19N3OS/c1-8(2)11-13-12(17-14-11)15-7-5-4-6-10(15)9(3)16/h8,10H,4-7H2,1-3H3. The van der Waals surface area contributed by atoms with Gasteiger partial charge in [0.1, 0.15) is 5.82 Å². The van der Waals surface area contributed by atoms with E-state index in [2.05, 4.69) is 28.1 Å². The Bertz CT molecular complexity index is 402. The summed E-state index contributed by atoms with van der Waals surface area (Å²) in [6, 6.07) is 0.0108. The molecule has 1 unspecified atom stereocenters. The average molecular weight is 253 g/mol. The fraction of sp³-hybridized carbons (Fsp3) is 0.750. The molecule has 17 heavy (non-hydrogen) atoms. The molecule has 1 atom stereocenters. The maximum atomic E-state index is 11.6. The number of hydrogen-bond acceptors (Lipinski definition) is 5. The molecule has 0 bridgehead atoms. The quantitative estimate of drug-likeness (QED) is 0.830. The number of carbonyl (C=O) groups is 1. The van der Waals surface area contributed by atoms with Crippen molar-refractivity contribution in [3.8, 4) is 0 Å². The summed E-state index contributed by atoms with van der Waals surface area (Å²) in [6.45, 7) is 6.78. The van der Waals surface area contributed by atoms with E-state index in [9.17, 15) is 4.79 Å². The number of carbonyl (C=O) groups excluding carboxylic acids is 1. The Kier molecular flexibility index (Phi) is 3.76. The van der Waals surface area contributed by atoms with E-state index >= 15 is 0 Å². The highest BCUT2D eigenvalue weighted by atomic mass is 32.1. The molecule has 0 spiro atoms. The van der Waals surface area contributed by atoms with Gasteiger partial charge in [0, 0.05) is 24.0 Å². The van der Waals surface area contributed by atoms with Crippen LogP contribution in [0.3, 0.4) is 0 Å². The van der Waals surface area contributed by atoms with Gasteiger partial charge >= 0.3 is 0 Å². The van der Waals surface area contributed by atoms with Crippen LogP contribution in [0.15, 0.2) is 0 Å². The highest BCUT2D eigenvalue weighted by molar-refractivity contribution is 7.09. The van der Waals surface area contributed by atoms with Gasteiger partial charge in [0.15, 0.2) is 5.78 Å². The second-order valence-electron chi connectivity index (χ2n) is 4.91. The largest absolute Gasteiger partial charge is 0.337 e. The lowest BCUT2D eigenvalue weighted by Gasteiger charge is -2.33. The van der Waals surface area contributed by atoms with Crippen molar-refractivity contribution in [2.24, 2.45) is 0 Å². The van der Waals surface area contributed by atoms with Crippen LogP contribution in [0, 0.1) is 0 Å². The van der Waals surface area contributed by atoms with E-state index in [1.807, 2.05) is 0 Å². The van der Waals surface area contributed by atoms with Crippen molar-refractivity contribution in [2.75, 3.05) is 11.4 Å². The molecular weight excluding hydrogens is 234 g/mol. The van der Waals surface area contributed by atoms with E-state index < -0.39 is 0 Å². The van der Waals surface area contributed by atoms with Crippen LogP contribution in [0.4, 0.5) is 5.13 Å². The SMILES string of the molecule is CC(=O)C1CCCCN1c1nc(C(C)C)ns1.